The van der Waals surface area contributed by atoms with Crippen molar-refractivity contribution < 1.29 is 14.6 Å². The van der Waals surface area contributed by atoms with E-state index in [0.717, 1.165) is 0 Å². The minimum Gasteiger partial charge on any atom is -0.484 e. The predicted octanol–water partition coefficient (Wildman–Crippen LogP) is 2.32. The summed E-state index contributed by atoms with van der Waals surface area (Å²) < 4.78 is 7.51. The Labute approximate surface area is 146 Å². The van der Waals surface area contributed by atoms with E-state index in [1.54, 1.807) is 57.3 Å². The Balaban J connectivity index is 2.25. The van der Waals surface area contributed by atoms with E-state index in [4.69, 9.17) is 4.74 Å². The van der Waals surface area contributed by atoms with Crippen molar-refractivity contribution in [1.82, 2.24) is 4.57 Å². The molecule has 0 radical (unpaired) electrons. The third kappa shape index (κ3) is 2.82. The summed E-state index contributed by atoms with van der Waals surface area (Å²) >= 11 is 0. The van der Waals surface area contributed by atoms with Crippen LogP contribution in [0.4, 0.5) is 5.69 Å². The highest BCUT2D eigenvalue weighted by Crippen LogP contribution is 2.48. The average Bonchev–Trinajstić information content (AvgIpc) is 2.50. The number of anilines is 1. The van der Waals surface area contributed by atoms with Gasteiger partial charge in [0.1, 0.15) is 17.0 Å². The second-order valence-corrected chi connectivity index (χ2v) is 7.04. The summed E-state index contributed by atoms with van der Waals surface area (Å²) in [5, 5.41) is 14.0. The summed E-state index contributed by atoms with van der Waals surface area (Å²) in [5.74, 6) is 0.378. The fourth-order valence-electron chi connectivity index (χ4n) is 3.22. The van der Waals surface area contributed by atoms with Crippen LogP contribution in [0.15, 0.2) is 47.4 Å². The molecule has 2 N–H and O–H groups in total. The molecule has 2 aromatic rings. The molecule has 1 amide bonds. The van der Waals surface area contributed by atoms with E-state index in [0.29, 0.717) is 17.0 Å². The van der Waals surface area contributed by atoms with Gasteiger partial charge in [0, 0.05) is 30.4 Å². The third-order valence-electron chi connectivity index (χ3n) is 4.87. The van der Waals surface area contributed by atoms with Gasteiger partial charge >= 0.3 is 0 Å². The van der Waals surface area contributed by atoms with Gasteiger partial charge in [0.25, 0.3) is 5.56 Å². The van der Waals surface area contributed by atoms with Crippen molar-refractivity contribution in [2.75, 3.05) is 5.32 Å². The van der Waals surface area contributed by atoms with Gasteiger partial charge in [-0.2, -0.15) is 0 Å². The molecule has 0 fully saturated rings. The van der Waals surface area contributed by atoms with E-state index < -0.39 is 17.2 Å². The van der Waals surface area contributed by atoms with Gasteiger partial charge in [-0.25, -0.2) is 0 Å². The Morgan fingerprint density at radius 1 is 1.24 bits per heavy atom. The van der Waals surface area contributed by atoms with Gasteiger partial charge in [0.05, 0.1) is 6.04 Å². The standard InChI is InChI=1S/C19H22N2O4/c1-12(22)20-13-8-9-15-14(11-13)17(19(4,24)18(2,3)25-15)21-10-6-5-7-16(21)23/h5-11,17,24H,1-4H3,(H,20,22). The summed E-state index contributed by atoms with van der Waals surface area (Å²) in [5.41, 5.74) is -1.28. The molecule has 2 unspecified atom stereocenters. The molecule has 6 heteroatoms. The highest BCUT2D eigenvalue weighted by atomic mass is 16.5. The molecule has 0 saturated heterocycles. The Morgan fingerprint density at radius 3 is 2.60 bits per heavy atom. The van der Waals surface area contributed by atoms with Crippen LogP contribution in [-0.2, 0) is 4.79 Å². The molecular weight excluding hydrogens is 320 g/mol. The van der Waals surface area contributed by atoms with Crippen LogP contribution in [0, 0.1) is 0 Å². The number of rotatable bonds is 2. The van der Waals surface area contributed by atoms with Crippen LogP contribution in [0.1, 0.15) is 39.3 Å². The number of hydrogen-bond acceptors (Lipinski definition) is 4. The maximum Gasteiger partial charge on any atom is 0.251 e. The number of aliphatic hydroxyl groups is 1. The number of fused-ring (bicyclic) bond motifs is 1. The first-order valence-electron chi connectivity index (χ1n) is 8.13. The fourth-order valence-corrected chi connectivity index (χ4v) is 3.22. The number of carbonyl (C=O) groups is 1. The van der Waals surface area contributed by atoms with E-state index >= 15 is 0 Å². The maximum atomic E-state index is 12.4. The highest BCUT2D eigenvalue weighted by molar-refractivity contribution is 5.88. The van der Waals surface area contributed by atoms with Crippen LogP contribution < -0.4 is 15.6 Å². The van der Waals surface area contributed by atoms with Gasteiger partial charge < -0.3 is 19.7 Å². The van der Waals surface area contributed by atoms with Gasteiger partial charge in [-0.05, 0) is 45.0 Å². The molecule has 1 aromatic carbocycles. The van der Waals surface area contributed by atoms with Crippen LogP contribution in [0.5, 0.6) is 5.75 Å². The Hall–Kier alpha value is -2.60. The molecule has 1 aromatic heterocycles. The molecular formula is C19H22N2O4. The number of ether oxygens (including phenoxy) is 1. The zero-order valence-electron chi connectivity index (χ0n) is 14.7. The lowest BCUT2D eigenvalue weighted by Gasteiger charge is -2.50. The average molecular weight is 342 g/mol. The summed E-state index contributed by atoms with van der Waals surface area (Å²) in [6, 6.07) is 9.43. The van der Waals surface area contributed by atoms with E-state index in [1.165, 1.54) is 17.6 Å². The number of benzene rings is 1. The molecule has 2 atom stereocenters. The molecule has 0 saturated carbocycles. The Bertz CT molecular complexity index is 883. The number of pyridine rings is 1. The molecule has 0 spiro atoms. The predicted molar refractivity (Wildman–Crippen MR) is 94.9 cm³/mol. The van der Waals surface area contributed by atoms with Gasteiger partial charge in [-0.15, -0.1) is 0 Å². The number of carbonyl (C=O) groups excluding carboxylic acids is 1. The Morgan fingerprint density at radius 2 is 1.96 bits per heavy atom. The van der Waals surface area contributed by atoms with Crippen LogP contribution in [-0.4, -0.2) is 26.8 Å². The van der Waals surface area contributed by atoms with E-state index in [9.17, 15) is 14.7 Å². The normalized spacial score (nSPS) is 24.1. The molecule has 25 heavy (non-hydrogen) atoms. The molecule has 6 nitrogen and oxygen atoms in total. The smallest absolute Gasteiger partial charge is 0.251 e. The Kier molecular flexibility index (Phi) is 3.95. The summed E-state index contributed by atoms with van der Waals surface area (Å²) in [7, 11) is 0. The number of nitrogens with one attached hydrogen (secondary N) is 1. The maximum absolute atomic E-state index is 12.4. The van der Waals surface area contributed by atoms with E-state index in [-0.39, 0.29) is 11.5 Å². The van der Waals surface area contributed by atoms with Gasteiger partial charge in [-0.1, -0.05) is 6.07 Å². The lowest BCUT2D eigenvalue weighted by atomic mass is 9.75. The first-order chi connectivity index (χ1) is 11.6. The monoisotopic (exact) mass is 342 g/mol. The van der Waals surface area contributed by atoms with Crippen molar-refractivity contribution >= 4 is 11.6 Å². The second kappa shape index (κ2) is 5.74. The number of nitrogens with zero attached hydrogens (tertiary/aromatic N) is 1. The molecule has 132 valence electrons. The van der Waals surface area contributed by atoms with Crippen molar-refractivity contribution in [3.05, 3.63) is 58.5 Å². The molecule has 0 bridgehead atoms. The van der Waals surface area contributed by atoms with Crippen LogP contribution in [0.25, 0.3) is 0 Å². The highest BCUT2D eigenvalue weighted by Gasteiger charge is 2.53. The largest absolute Gasteiger partial charge is 0.484 e. The van der Waals surface area contributed by atoms with Crippen molar-refractivity contribution in [3.8, 4) is 5.75 Å². The van der Waals surface area contributed by atoms with E-state index in [1.807, 2.05) is 0 Å². The van der Waals surface area contributed by atoms with Gasteiger partial charge in [0.15, 0.2) is 0 Å². The lowest BCUT2D eigenvalue weighted by Crippen LogP contribution is -2.60. The third-order valence-corrected chi connectivity index (χ3v) is 4.87. The van der Waals surface area contributed by atoms with Crippen molar-refractivity contribution in [2.24, 2.45) is 0 Å². The summed E-state index contributed by atoms with van der Waals surface area (Å²) in [4.78, 5) is 23.8. The molecule has 1 aliphatic rings. The second-order valence-electron chi connectivity index (χ2n) is 7.04. The molecule has 1 aliphatic heterocycles. The van der Waals surface area contributed by atoms with Gasteiger partial charge in [0.2, 0.25) is 5.91 Å². The number of aromatic nitrogens is 1. The molecule has 0 aliphatic carbocycles. The summed E-state index contributed by atoms with van der Waals surface area (Å²) in [6.45, 7) is 6.66. The number of amides is 1. The minimum absolute atomic E-state index is 0.197. The van der Waals surface area contributed by atoms with Crippen molar-refractivity contribution in [2.45, 2.75) is 44.9 Å². The first-order valence-corrected chi connectivity index (χ1v) is 8.13. The van der Waals surface area contributed by atoms with Crippen LogP contribution in [0.2, 0.25) is 0 Å². The topological polar surface area (TPSA) is 80.6 Å². The molecule has 2 heterocycles. The molecule has 3 rings (SSSR count). The van der Waals surface area contributed by atoms with Crippen LogP contribution in [0.3, 0.4) is 0 Å². The van der Waals surface area contributed by atoms with Crippen molar-refractivity contribution in [3.63, 3.8) is 0 Å². The zero-order chi connectivity index (χ0) is 18.4. The lowest BCUT2D eigenvalue weighted by molar-refractivity contribution is -0.139. The minimum atomic E-state index is -1.36. The zero-order valence-corrected chi connectivity index (χ0v) is 14.7. The number of hydrogen-bond donors (Lipinski definition) is 2. The summed E-state index contributed by atoms with van der Waals surface area (Å²) in [6.07, 6.45) is 1.65. The fraction of sp³-hybridized carbons (Fsp3) is 0.368. The van der Waals surface area contributed by atoms with E-state index in [2.05, 4.69) is 5.32 Å². The van der Waals surface area contributed by atoms with Gasteiger partial charge in [-0.3, -0.25) is 9.59 Å². The quantitative estimate of drug-likeness (QED) is 0.878. The van der Waals surface area contributed by atoms with Crippen LogP contribution >= 0.6 is 0 Å². The van der Waals surface area contributed by atoms with Crippen molar-refractivity contribution in [1.29, 1.82) is 0 Å². The first kappa shape index (κ1) is 17.2. The SMILES string of the molecule is CC(=O)Nc1ccc2c(c1)C(n1ccccc1=O)C(C)(O)C(C)(C)O2.